The number of nitrogens with zero attached hydrogens (tertiary/aromatic N) is 4. The van der Waals surface area contributed by atoms with Crippen molar-refractivity contribution in [1.82, 2.24) is 14.4 Å². The molecule has 1 fully saturated rings. The molecule has 3 aliphatic heterocycles. The molecule has 1 amide bonds. The van der Waals surface area contributed by atoms with Gasteiger partial charge >= 0.3 is 0 Å². The first-order chi connectivity index (χ1) is 29.0. The number of hydrogen-bond acceptors (Lipinski definition) is 13. The molecule has 1 aliphatic carbocycles. The Hall–Kier alpha value is -5.50. The molecule has 3 aromatic rings. The van der Waals surface area contributed by atoms with E-state index < -0.39 is 83.0 Å². The molecule has 6 bridgehead atoms. The van der Waals surface area contributed by atoms with Crippen LogP contribution < -0.4 is 15.8 Å². The Labute approximate surface area is 353 Å². The monoisotopic (exact) mass is 837 g/mol. The van der Waals surface area contributed by atoms with E-state index in [0.717, 1.165) is 45.5 Å². The average Bonchev–Trinajstić information content (AvgIpc) is 3.56. The van der Waals surface area contributed by atoms with Gasteiger partial charge in [-0.2, -0.15) is 5.10 Å². The summed E-state index contributed by atoms with van der Waals surface area (Å²) in [6.45, 7) is 9.48. The van der Waals surface area contributed by atoms with E-state index in [9.17, 15) is 40.2 Å². The second kappa shape index (κ2) is 17.5. The summed E-state index contributed by atoms with van der Waals surface area (Å²) in [5.74, 6) is -3.87. The zero-order chi connectivity index (χ0) is 43.9. The third-order valence-electron chi connectivity index (χ3n) is 12.7. The molecule has 4 aliphatic rings. The van der Waals surface area contributed by atoms with Gasteiger partial charge in [0.2, 0.25) is 5.78 Å². The molecule has 1 unspecified atom stereocenters. The number of piperidine rings is 1. The molecule has 0 spiro atoms. The zero-order valence-corrected chi connectivity index (χ0v) is 35.2. The summed E-state index contributed by atoms with van der Waals surface area (Å²) in [6, 6.07) is 3.53. The summed E-state index contributed by atoms with van der Waals surface area (Å²) in [5.41, 5.74) is 1.13. The van der Waals surface area contributed by atoms with Gasteiger partial charge in [-0.15, -0.1) is 0 Å². The molecule has 15 heteroatoms. The van der Waals surface area contributed by atoms with Gasteiger partial charge in [0.15, 0.2) is 11.5 Å². The first-order valence-corrected chi connectivity index (χ1v) is 20.8. The van der Waals surface area contributed by atoms with Crippen LogP contribution in [0.3, 0.4) is 0 Å². The molecule has 15 nitrogen and oxygen atoms in total. The lowest BCUT2D eigenvalue weighted by molar-refractivity contribution is -0.173. The van der Waals surface area contributed by atoms with E-state index in [1.54, 1.807) is 68.8 Å². The number of hydrogen-bond donors (Lipinski definition) is 7. The second-order valence-electron chi connectivity index (χ2n) is 16.9. The van der Waals surface area contributed by atoms with Crippen molar-refractivity contribution < 1.29 is 49.7 Å². The number of aliphatic hydroxyl groups is 5. The third-order valence-corrected chi connectivity index (χ3v) is 12.7. The van der Waals surface area contributed by atoms with E-state index in [1.165, 1.54) is 13.2 Å². The molecule has 1 saturated heterocycles. The number of rotatable bonds is 3. The number of carbonyl (C=O) groups excluding carboxylic acids is 2. The average molecular weight is 838 g/mol. The number of phenols is 1. The molecule has 324 valence electrons. The number of allylic oxidation sites excluding steroid dienone is 2. The fourth-order valence-electron chi connectivity index (χ4n) is 8.91. The van der Waals surface area contributed by atoms with Crippen LogP contribution in [0.25, 0.3) is 28.0 Å². The molecule has 7 N–H and O–H groups in total. The van der Waals surface area contributed by atoms with Crippen molar-refractivity contribution in [2.75, 3.05) is 25.5 Å². The van der Waals surface area contributed by atoms with Crippen LogP contribution in [-0.2, 0) is 19.1 Å². The van der Waals surface area contributed by atoms with Gasteiger partial charge < -0.3 is 45.4 Å². The van der Waals surface area contributed by atoms with Gasteiger partial charge in [0.05, 0.1) is 48.0 Å². The molecule has 10 atom stereocenters. The van der Waals surface area contributed by atoms with Crippen molar-refractivity contribution in [2.24, 2.45) is 34.7 Å². The topological polar surface area (TPSA) is 219 Å². The summed E-state index contributed by atoms with van der Waals surface area (Å²) in [5, 5.41) is 80.2. The van der Waals surface area contributed by atoms with Crippen molar-refractivity contribution in [3.05, 3.63) is 70.5 Å². The predicted octanol–water partition coefficient (Wildman–Crippen LogP) is 2.75. The SMILES string of the molecule is CO[C@H]1/C=C/O[C@@](C)(O)C(=O)C2=c3c4c(O)c(c5c3nc3ccc(/C=N/N6CCCCC6)cn35)NC(=O)/C(C)=C\C=C\[C@H](C)[C@H](O)[C@@H](C)[C@@H](O)[C@@H](C)[C@H](O)[C@@H]1CC2C#CC=4O. The van der Waals surface area contributed by atoms with E-state index in [0.29, 0.717) is 11.2 Å². The lowest BCUT2D eigenvalue weighted by Gasteiger charge is -2.38. The number of carbonyl (C=O) groups is 2. The molecule has 0 saturated carbocycles. The van der Waals surface area contributed by atoms with Crippen LogP contribution in [0, 0.1) is 41.4 Å². The van der Waals surface area contributed by atoms with Crippen LogP contribution in [0.4, 0.5) is 5.69 Å². The minimum absolute atomic E-state index is 0.0683. The maximum absolute atomic E-state index is 14.9. The number of methoxy groups -OCH3 is 1. The van der Waals surface area contributed by atoms with Crippen molar-refractivity contribution in [3.63, 3.8) is 0 Å². The molecule has 7 rings (SSSR count). The Morgan fingerprint density at radius 1 is 1.02 bits per heavy atom. The fraction of sp³-hybridized carbons (Fsp3) is 0.478. The van der Waals surface area contributed by atoms with Crippen molar-refractivity contribution in [1.29, 1.82) is 0 Å². The van der Waals surface area contributed by atoms with E-state index in [-0.39, 0.29) is 44.7 Å². The van der Waals surface area contributed by atoms with Crippen LogP contribution in [0.1, 0.15) is 65.9 Å². The van der Waals surface area contributed by atoms with Crippen molar-refractivity contribution >= 4 is 51.6 Å². The van der Waals surface area contributed by atoms with Crippen LogP contribution >= 0.6 is 0 Å². The lowest BCUT2D eigenvalue weighted by Crippen LogP contribution is -2.48. The normalized spacial score (nSPS) is 33.5. The number of benzene rings is 1. The van der Waals surface area contributed by atoms with Gasteiger partial charge in [0.1, 0.15) is 22.4 Å². The number of amides is 1. The van der Waals surface area contributed by atoms with Gasteiger partial charge in [-0.25, -0.2) is 4.98 Å². The minimum atomic E-state index is -2.52. The smallest absolute Gasteiger partial charge is 0.268 e. The predicted molar refractivity (Wildman–Crippen MR) is 229 cm³/mol. The van der Waals surface area contributed by atoms with Gasteiger partial charge in [0, 0.05) is 78.9 Å². The number of imidazole rings is 1. The standard InChI is InChI=1S/C46H55N5O10/c1-24-11-10-12-25(2)45(58)49-38-39-37(48-33-16-13-28(23-51(33)39)22-47-50-18-8-7-9-19-50)36-34-29(14-15-31(52)35(36)43(38)56)21-30(42(55)27(4)41(54)26(3)40(24)53)32(60-6)17-20-61-46(5,59)44(34)57/h10-13,16-17,20,22-24,26-27,29-30,32,40-42,52-56,59H,7-9,18-19,21H2,1-6H3,(H,49,58)/b11-10+,20-17+,25-12-,47-22+/t24-,26+,27+,29?,30+,32-,40-,41+,42-,46+/m0/s1. The number of ketones is 1. The van der Waals surface area contributed by atoms with Crippen LogP contribution in [0.5, 0.6) is 5.75 Å². The summed E-state index contributed by atoms with van der Waals surface area (Å²) in [6.07, 6.45) is 9.44. The Morgan fingerprint density at radius 2 is 1.74 bits per heavy atom. The fourth-order valence-corrected chi connectivity index (χ4v) is 8.91. The Bertz CT molecular complexity index is 2540. The molecule has 1 aromatic carbocycles. The van der Waals surface area contributed by atoms with Crippen molar-refractivity contribution in [3.8, 4) is 17.6 Å². The highest BCUT2D eigenvalue weighted by atomic mass is 16.6. The number of aliphatic hydroxyl groups excluding tert-OH is 4. The summed E-state index contributed by atoms with van der Waals surface area (Å²) >= 11 is 0. The molecular weight excluding hydrogens is 783 g/mol. The number of hydrazone groups is 1. The van der Waals surface area contributed by atoms with Crippen LogP contribution in [0.2, 0.25) is 0 Å². The van der Waals surface area contributed by atoms with E-state index in [4.69, 9.17) is 14.5 Å². The Morgan fingerprint density at radius 3 is 2.46 bits per heavy atom. The number of aromatic nitrogens is 2. The van der Waals surface area contributed by atoms with Crippen molar-refractivity contribution in [2.45, 2.75) is 90.5 Å². The van der Waals surface area contributed by atoms with E-state index >= 15 is 0 Å². The summed E-state index contributed by atoms with van der Waals surface area (Å²) in [7, 11) is 1.42. The number of aromatic hydroxyl groups is 1. The molecule has 2 aromatic heterocycles. The maximum atomic E-state index is 14.9. The highest BCUT2D eigenvalue weighted by molar-refractivity contribution is 6.21. The number of pyridine rings is 1. The van der Waals surface area contributed by atoms with Gasteiger partial charge in [-0.3, -0.25) is 19.0 Å². The number of phenolic OH excluding ortho intramolecular Hbond substituents is 1. The number of anilines is 1. The zero-order valence-electron chi connectivity index (χ0n) is 35.2. The quantitative estimate of drug-likeness (QED) is 0.115. The lowest BCUT2D eigenvalue weighted by atomic mass is 9.74. The number of fused-ring (bicyclic) bond motifs is 6. The van der Waals surface area contributed by atoms with E-state index in [1.807, 2.05) is 11.1 Å². The highest BCUT2D eigenvalue weighted by Gasteiger charge is 2.44. The second-order valence-corrected chi connectivity index (χ2v) is 16.9. The third kappa shape index (κ3) is 8.30. The summed E-state index contributed by atoms with van der Waals surface area (Å²) in [4.78, 5) is 33.9. The molecule has 61 heavy (non-hydrogen) atoms. The van der Waals surface area contributed by atoms with E-state index in [2.05, 4.69) is 22.3 Å². The first kappa shape index (κ1) is 43.6. The largest absolute Gasteiger partial charge is 0.505 e. The Balaban J connectivity index is 1.58. The van der Waals surface area contributed by atoms with Crippen LogP contribution in [-0.4, -0.2) is 113 Å². The molecular formula is C46H55N5O10. The first-order valence-electron chi connectivity index (χ1n) is 20.8. The number of Topliss-reactive ketones (excluding diaryl/α,β-unsaturated/α-hetero) is 1. The maximum Gasteiger partial charge on any atom is 0.268 e. The molecule has 5 heterocycles. The van der Waals surface area contributed by atoms with Gasteiger partial charge in [-0.05, 0) is 56.7 Å². The number of ether oxygens (including phenoxy) is 2. The minimum Gasteiger partial charge on any atom is -0.505 e. The summed E-state index contributed by atoms with van der Waals surface area (Å²) < 4.78 is 13.2. The highest BCUT2D eigenvalue weighted by Crippen LogP contribution is 2.38. The molecule has 0 radical (unpaired) electrons. The Kier molecular flexibility index (Phi) is 12.5. The van der Waals surface area contributed by atoms with Gasteiger partial charge in [0.25, 0.3) is 11.7 Å². The number of nitrogens with one attached hydrogen (secondary N) is 1. The van der Waals surface area contributed by atoms with Gasteiger partial charge in [-0.1, -0.05) is 44.9 Å². The van der Waals surface area contributed by atoms with Crippen LogP contribution in [0.15, 0.2) is 59.6 Å².